The topological polar surface area (TPSA) is 86.9 Å². The van der Waals surface area contributed by atoms with Crippen LogP contribution >= 0.6 is 0 Å². The molecule has 0 saturated heterocycles. The third-order valence-electron chi connectivity index (χ3n) is 2.68. The van der Waals surface area contributed by atoms with Gasteiger partial charge < -0.3 is 4.55 Å². The molecule has 0 N–H and O–H groups in total. The lowest BCUT2D eigenvalue weighted by atomic mass is 10.2. The lowest BCUT2D eigenvalue weighted by molar-refractivity contribution is -0.750. The molecule has 2 rings (SSSR count). The van der Waals surface area contributed by atoms with Crippen molar-refractivity contribution < 1.29 is 30.8 Å². The van der Waals surface area contributed by atoms with Gasteiger partial charge in [0.05, 0.1) is 11.4 Å². The summed E-state index contributed by atoms with van der Waals surface area (Å²) in [5, 5.41) is 3.84. The average Bonchev–Trinajstić information content (AvgIpc) is 2.44. The quantitative estimate of drug-likeness (QED) is 0.615. The Balaban J connectivity index is 2.20. The number of halogens is 3. The predicted octanol–water partition coefficient (Wildman–Crippen LogP) is 0.995. The summed E-state index contributed by atoms with van der Waals surface area (Å²) in [6.45, 7) is -0.137. The Labute approximate surface area is 124 Å². The summed E-state index contributed by atoms with van der Waals surface area (Å²) in [6.07, 6.45) is -1.93. The molecular weight excluding hydrogens is 323 g/mol. The fourth-order valence-electron chi connectivity index (χ4n) is 1.63. The molecule has 0 radical (unpaired) electrons. The summed E-state index contributed by atoms with van der Waals surface area (Å²) < 4.78 is 70.5. The first-order valence-corrected chi connectivity index (χ1v) is 7.57. The largest absolute Gasteiger partial charge is 0.748 e. The van der Waals surface area contributed by atoms with Crippen LogP contribution in [0.15, 0.2) is 36.7 Å². The molecule has 118 valence electrons. The van der Waals surface area contributed by atoms with Crippen molar-refractivity contribution in [1.82, 2.24) is 10.1 Å². The molecule has 0 aliphatic heterocycles. The molecule has 2 aromatic heterocycles. The van der Waals surface area contributed by atoms with E-state index in [1.807, 2.05) is 0 Å². The molecule has 0 bridgehead atoms. The van der Waals surface area contributed by atoms with Gasteiger partial charge in [0.25, 0.3) is 0 Å². The second-order valence-corrected chi connectivity index (χ2v) is 5.87. The highest BCUT2D eigenvalue weighted by Gasteiger charge is 2.32. The standard InChI is InChI=1S/C12H10F3N3O3S/c13-12(14,15)11-3-1-2-10(17-11)9-4-5-18(16-8-9)6-7-22(19,20)21/h1-5,8H,6-7H2. The van der Waals surface area contributed by atoms with Crippen LogP contribution in [0.1, 0.15) is 5.69 Å². The molecule has 0 aromatic carbocycles. The SMILES string of the molecule is O=S(=O)([O-])CC[n+]1ccc(-c2cccc(C(F)(F)F)n2)cn1. The fraction of sp³-hybridized carbons (Fsp3) is 0.250. The number of pyridine rings is 1. The highest BCUT2D eigenvalue weighted by atomic mass is 32.2. The molecule has 22 heavy (non-hydrogen) atoms. The van der Waals surface area contributed by atoms with Crippen molar-refractivity contribution in [2.45, 2.75) is 12.7 Å². The van der Waals surface area contributed by atoms with Crippen LogP contribution in [0.25, 0.3) is 11.3 Å². The maximum Gasteiger partial charge on any atom is 0.433 e. The molecule has 0 aliphatic carbocycles. The van der Waals surface area contributed by atoms with Gasteiger partial charge in [-0.25, -0.2) is 13.4 Å². The summed E-state index contributed by atoms with van der Waals surface area (Å²) in [7, 11) is -4.35. The predicted molar refractivity (Wildman–Crippen MR) is 67.2 cm³/mol. The van der Waals surface area contributed by atoms with Crippen LogP contribution in [0.4, 0.5) is 13.2 Å². The molecule has 6 nitrogen and oxygen atoms in total. The van der Waals surface area contributed by atoms with Crippen molar-refractivity contribution in [1.29, 1.82) is 0 Å². The van der Waals surface area contributed by atoms with E-state index in [4.69, 9.17) is 0 Å². The van der Waals surface area contributed by atoms with E-state index in [2.05, 4.69) is 10.1 Å². The first-order valence-electron chi connectivity index (χ1n) is 5.99. The first kappa shape index (κ1) is 16.3. The fourth-order valence-corrected chi connectivity index (χ4v) is 2.04. The lowest BCUT2D eigenvalue weighted by Crippen LogP contribution is -2.40. The number of hydrogen-bond donors (Lipinski definition) is 0. The first-order chi connectivity index (χ1) is 10.1. The molecule has 0 fully saturated rings. The van der Waals surface area contributed by atoms with E-state index in [9.17, 15) is 26.1 Å². The molecule has 0 saturated carbocycles. The Morgan fingerprint density at radius 1 is 1.23 bits per heavy atom. The van der Waals surface area contributed by atoms with Crippen LogP contribution in [-0.4, -0.2) is 28.8 Å². The van der Waals surface area contributed by atoms with Gasteiger partial charge in [0, 0.05) is 11.6 Å². The van der Waals surface area contributed by atoms with Crippen molar-refractivity contribution in [2.24, 2.45) is 0 Å². The number of aryl methyl sites for hydroxylation is 1. The average molecular weight is 333 g/mol. The molecular formula is C12H10F3N3O3S. The number of rotatable bonds is 4. The van der Waals surface area contributed by atoms with Gasteiger partial charge in [-0.2, -0.15) is 13.2 Å². The minimum absolute atomic E-state index is 0.0888. The van der Waals surface area contributed by atoms with E-state index >= 15 is 0 Å². The summed E-state index contributed by atoms with van der Waals surface area (Å²) in [6, 6.07) is 4.93. The molecule has 10 heteroatoms. The van der Waals surface area contributed by atoms with Gasteiger partial charge >= 0.3 is 6.18 Å². The lowest BCUT2D eigenvalue weighted by Gasteiger charge is -2.07. The second-order valence-electron chi connectivity index (χ2n) is 4.35. The minimum Gasteiger partial charge on any atom is -0.748 e. The third kappa shape index (κ3) is 4.46. The molecule has 0 atom stereocenters. The Morgan fingerprint density at radius 3 is 2.50 bits per heavy atom. The van der Waals surface area contributed by atoms with Crippen molar-refractivity contribution in [3.8, 4) is 11.3 Å². The van der Waals surface area contributed by atoms with Gasteiger partial charge in [0.1, 0.15) is 22.0 Å². The van der Waals surface area contributed by atoms with Crippen LogP contribution in [-0.2, 0) is 22.8 Å². The van der Waals surface area contributed by atoms with E-state index in [-0.39, 0.29) is 12.2 Å². The van der Waals surface area contributed by atoms with Crippen LogP contribution in [0.2, 0.25) is 0 Å². The molecule has 2 aromatic rings. The van der Waals surface area contributed by atoms with E-state index < -0.39 is 27.7 Å². The number of nitrogens with zero attached hydrogens (tertiary/aromatic N) is 3. The zero-order valence-corrected chi connectivity index (χ0v) is 11.8. The van der Waals surface area contributed by atoms with Crippen LogP contribution < -0.4 is 4.68 Å². The zero-order chi connectivity index (χ0) is 16.4. The molecule has 0 spiro atoms. The summed E-state index contributed by atoms with van der Waals surface area (Å²) >= 11 is 0. The van der Waals surface area contributed by atoms with Crippen molar-refractivity contribution >= 4 is 10.1 Å². The Kier molecular flexibility index (Phi) is 4.42. The Morgan fingerprint density at radius 2 is 1.95 bits per heavy atom. The van der Waals surface area contributed by atoms with Gasteiger partial charge in [0.2, 0.25) is 0 Å². The van der Waals surface area contributed by atoms with E-state index in [1.165, 1.54) is 35.3 Å². The maximum absolute atomic E-state index is 12.6. The van der Waals surface area contributed by atoms with Gasteiger partial charge in [-0.3, -0.25) is 0 Å². The van der Waals surface area contributed by atoms with Crippen LogP contribution in [0.3, 0.4) is 0 Å². The summed E-state index contributed by atoms with van der Waals surface area (Å²) in [5.74, 6) is -0.619. The highest BCUT2D eigenvalue weighted by Crippen LogP contribution is 2.28. The van der Waals surface area contributed by atoms with Crippen LogP contribution in [0.5, 0.6) is 0 Å². The monoisotopic (exact) mass is 333 g/mol. The third-order valence-corrected chi connectivity index (χ3v) is 3.36. The summed E-state index contributed by atoms with van der Waals surface area (Å²) in [4.78, 5) is 3.51. The second kappa shape index (κ2) is 5.97. The van der Waals surface area contributed by atoms with E-state index in [0.717, 1.165) is 6.07 Å². The number of aromatic nitrogens is 3. The van der Waals surface area contributed by atoms with Gasteiger partial charge in [-0.15, -0.1) is 0 Å². The highest BCUT2D eigenvalue weighted by molar-refractivity contribution is 7.85. The van der Waals surface area contributed by atoms with Crippen LogP contribution in [0, 0.1) is 0 Å². The Hall–Kier alpha value is -2.07. The summed E-state index contributed by atoms with van der Waals surface area (Å²) in [5.41, 5.74) is -0.586. The van der Waals surface area contributed by atoms with Crippen molar-refractivity contribution in [3.05, 3.63) is 42.4 Å². The maximum atomic E-state index is 12.6. The van der Waals surface area contributed by atoms with Crippen molar-refractivity contribution in [3.63, 3.8) is 0 Å². The number of alkyl halides is 3. The number of hydrogen-bond acceptors (Lipinski definition) is 5. The minimum atomic E-state index is -4.54. The van der Waals surface area contributed by atoms with E-state index in [0.29, 0.717) is 5.56 Å². The zero-order valence-electron chi connectivity index (χ0n) is 11.0. The van der Waals surface area contributed by atoms with Gasteiger partial charge in [0.15, 0.2) is 12.7 Å². The molecule has 0 aliphatic rings. The van der Waals surface area contributed by atoms with Gasteiger partial charge in [-0.05, 0) is 17.2 Å². The Bertz CT molecular complexity index is 761. The van der Waals surface area contributed by atoms with E-state index in [1.54, 1.807) is 0 Å². The normalized spacial score (nSPS) is 12.4. The smallest absolute Gasteiger partial charge is 0.433 e. The molecule has 0 unspecified atom stereocenters. The van der Waals surface area contributed by atoms with Gasteiger partial charge in [-0.1, -0.05) is 10.7 Å². The van der Waals surface area contributed by atoms with Crippen molar-refractivity contribution in [2.75, 3.05) is 5.75 Å². The molecule has 2 heterocycles. The molecule has 0 amide bonds.